The fraction of sp³-hybridized carbons (Fsp3) is 0.500. The Labute approximate surface area is 202 Å². The molecule has 1 N–H and O–H groups in total. The number of aromatic nitrogens is 4. The molecule has 1 saturated heterocycles. The average Bonchev–Trinajstić information content (AvgIpc) is 3.35. The van der Waals surface area contributed by atoms with Crippen molar-refractivity contribution in [2.75, 3.05) is 36.5 Å². The number of hydrogen-bond donors (Lipinski definition) is 1. The largest absolute Gasteiger partial charge is 0.488 e. The normalized spacial score (nSPS) is 22.6. The van der Waals surface area contributed by atoms with Gasteiger partial charge in [-0.25, -0.2) is 15.0 Å². The molecule has 10 heteroatoms. The van der Waals surface area contributed by atoms with Gasteiger partial charge in [0.25, 0.3) is 0 Å². The number of nitrogens with one attached hydrogen (secondary N) is 1. The van der Waals surface area contributed by atoms with Crippen LogP contribution in [0.4, 0.5) is 11.6 Å². The van der Waals surface area contributed by atoms with E-state index in [0.29, 0.717) is 24.3 Å². The molecular weight excluding hydrogens is 456 g/mol. The summed E-state index contributed by atoms with van der Waals surface area (Å²) in [4.78, 5) is 20.4. The topological polar surface area (TPSA) is 94.5 Å². The Balaban J connectivity index is 1.13. The van der Waals surface area contributed by atoms with Crippen LogP contribution in [-0.2, 0) is 22.7 Å². The summed E-state index contributed by atoms with van der Waals surface area (Å²) in [6.45, 7) is 4.18. The van der Waals surface area contributed by atoms with Gasteiger partial charge in [0.05, 0.1) is 43.7 Å². The van der Waals surface area contributed by atoms with Crippen molar-refractivity contribution < 1.29 is 14.2 Å². The van der Waals surface area contributed by atoms with Crippen LogP contribution in [0.5, 0.6) is 5.75 Å². The van der Waals surface area contributed by atoms with Gasteiger partial charge in [0, 0.05) is 48.8 Å². The summed E-state index contributed by atoms with van der Waals surface area (Å²) in [5, 5.41) is 3.94. The molecule has 0 bridgehead atoms. The monoisotopic (exact) mass is 482 g/mol. The fourth-order valence-electron chi connectivity index (χ4n) is 4.89. The number of ether oxygens (including phenoxy) is 3. The fourth-order valence-corrected chi connectivity index (χ4v) is 5.13. The van der Waals surface area contributed by atoms with Gasteiger partial charge in [-0.2, -0.15) is 0 Å². The zero-order valence-corrected chi connectivity index (χ0v) is 19.6. The van der Waals surface area contributed by atoms with Crippen LogP contribution in [0.2, 0.25) is 5.15 Å². The smallest absolute Gasteiger partial charge is 0.224 e. The number of anilines is 2. The predicted molar refractivity (Wildman–Crippen MR) is 128 cm³/mol. The minimum Gasteiger partial charge on any atom is -0.488 e. The summed E-state index contributed by atoms with van der Waals surface area (Å²) >= 11 is 6.31. The number of morpholine rings is 1. The zero-order valence-electron chi connectivity index (χ0n) is 18.9. The van der Waals surface area contributed by atoms with Crippen LogP contribution in [0, 0.1) is 0 Å². The lowest BCUT2D eigenvalue weighted by Crippen LogP contribution is -2.36. The zero-order chi connectivity index (χ0) is 22.9. The molecule has 0 spiro atoms. The minimum atomic E-state index is 0.126. The van der Waals surface area contributed by atoms with Crippen LogP contribution < -0.4 is 15.0 Å². The highest BCUT2D eigenvalue weighted by molar-refractivity contribution is 6.30. The number of benzene rings is 1. The highest BCUT2D eigenvalue weighted by atomic mass is 35.5. The van der Waals surface area contributed by atoms with Crippen molar-refractivity contribution in [3.8, 4) is 5.75 Å². The van der Waals surface area contributed by atoms with Gasteiger partial charge in [-0.1, -0.05) is 11.6 Å². The van der Waals surface area contributed by atoms with E-state index < -0.39 is 0 Å². The summed E-state index contributed by atoms with van der Waals surface area (Å²) in [6, 6.07) is 4.48. The lowest BCUT2D eigenvalue weighted by atomic mass is 9.93. The van der Waals surface area contributed by atoms with Crippen molar-refractivity contribution in [3.63, 3.8) is 0 Å². The lowest BCUT2D eigenvalue weighted by Gasteiger charge is -2.31. The molecule has 2 aromatic heterocycles. The molecule has 3 aliphatic rings. The van der Waals surface area contributed by atoms with Gasteiger partial charge >= 0.3 is 0 Å². The van der Waals surface area contributed by atoms with Gasteiger partial charge in [-0.05, 0) is 31.7 Å². The van der Waals surface area contributed by atoms with Gasteiger partial charge < -0.3 is 24.4 Å². The van der Waals surface area contributed by atoms with Crippen molar-refractivity contribution in [3.05, 3.63) is 40.9 Å². The molecule has 1 aromatic carbocycles. The van der Waals surface area contributed by atoms with Crippen molar-refractivity contribution in [2.45, 2.75) is 51.0 Å². The standard InChI is InChI=1S/C24H27ClN6O3/c25-23-18-13-33-14-20(18)29-24(30-23)28-15-1-3-17(4-2-15)34-21-12-16(31-7-9-32-10-8-31)11-19-22(21)27-6-5-26-19/h5-6,11-12,15,17H,1-4,7-10,13-14H2,(H,28,29,30). The molecule has 1 saturated carbocycles. The third-order valence-corrected chi connectivity index (χ3v) is 7.04. The molecule has 0 radical (unpaired) electrons. The van der Waals surface area contributed by atoms with Crippen LogP contribution in [0.3, 0.4) is 0 Å². The molecule has 6 rings (SSSR count). The predicted octanol–water partition coefficient (Wildman–Crippen LogP) is 3.74. The minimum absolute atomic E-state index is 0.126. The quantitative estimate of drug-likeness (QED) is 0.545. The van der Waals surface area contributed by atoms with E-state index in [1.54, 1.807) is 12.4 Å². The Kier molecular flexibility index (Phi) is 6.07. The van der Waals surface area contributed by atoms with E-state index in [1.165, 1.54) is 0 Å². The first-order chi connectivity index (χ1) is 16.7. The van der Waals surface area contributed by atoms with Crippen molar-refractivity contribution in [1.29, 1.82) is 0 Å². The van der Waals surface area contributed by atoms with E-state index >= 15 is 0 Å². The molecule has 2 fully saturated rings. The van der Waals surface area contributed by atoms with Gasteiger partial charge in [0.2, 0.25) is 5.95 Å². The molecule has 2 aliphatic heterocycles. The second kappa shape index (κ2) is 9.48. The van der Waals surface area contributed by atoms with Crippen LogP contribution >= 0.6 is 11.6 Å². The number of rotatable bonds is 5. The van der Waals surface area contributed by atoms with Gasteiger partial charge in [0.1, 0.15) is 16.4 Å². The maximum absolute atomic E-state index is 6.52. The summed E-state index contributed by atoms with van der Waals surface area (Å²) in [5.74, 6) is 1.38. The van der Waals surface area contributed by atoms with Gasteiger partial charge in [-0.3, -0.25) is 4.98 Å². The van der Waals surface area contributed by atoms with E-state index in [2.05, 4.69) is 42.3 Å². The molecule has 34 heavy (non-hydrogen) atoms. The first-order valence-electron chi connectivity index (χ1n) is 11.9. The van der Waals surface area contributed by atoms with E-state index in [4.69, 9.17) is 25.8 Å². The molecule has 0 unspecified atom stereocenters. The third-order valence-electron chi connectivity index (χ3n) is 6.73. The molecule has 0 amide bonds. The van der Waals surface area contributed by atoms with Gasteiger partial charge in [0.15, 0.2) is 0 Å². The average molecular weight is 483 g/mol. The van der Waals surface area contributed by atoms with Crippen LogP contribution in [0.15, 0.2) is 24.5 Å². The molecule has 1 aliphatic carbocycles. The molecule has 0 atom stereocenters. The van der Waals surface area contributed by atoms with E-state index in [9.17, 15) is 0 Å². The van der Waals surface area contributed by atoms with Crippen molar-refractivity contribution in [2.24, 2.45) is 0 Å². The van der Waals surface area contributed by atoms with Gasteiger partial charge in [-0.15, -0.1) is 0 Å². The first kappa shape index (κ1) is 21.8. The summed E-state index contributed by atoms with van der Waals surface area (Å²) in [6.07, 6.45) is 7.37. The SMILES string of the molecule is Clc1nc(NC2CCC(Oc3cc(N4CCOCC4)cc4nccnc34)CC2)nc2c1COC2. The molecule has 9 nitrogen and oxygen atoms in total. The Morgan fingerprint density at radius 2 is 1.79 bits per heavy atom. The number of hydrogen-bond acceptors (Lipinski definition) is 9. The summed E-state index contributed by atoms with van der Waals surface area (Å²) < 4.78 is 17.5. The highest BCUT2D eigenvalue weighted by Crippen LogP contribution is 2.33. The summed E-state index contributed by atoms with van der Waals surface area (Å²) in [5.41, 5.74) is 4.55. The maximum atomic E-state index is 6.52. The number of halogens is 1. The number of fused-ring (bicyclic) bond motifs is 2. The molecule has 4 heterocycles. The highest BCUT2D eigenvalue weighted by Gasteiger charge is 2.26. The van der Waals surface area contributed by atoms with E-state index in [-0.39, 0.29) is 12.1 Å². The van der Waals surface area contributed by atoms with E-state index in [0.717, 1.165) is 85.7 Å². The van der Waals surface area contributed by atoms with Crippen LogP contribution in [0.25, 0.3) is 11.0 Å². The lowest BCUT2D eigenvalue weighted by molar-refractivity contribution is 0.122. The van der Waals surface area contributed by atoms with Crippen LogP contribution in [0.1, 0.15) is 36.9 Å². The van der Waals surface area contributed by atoms with Crippen molar-refractivity contribution in [1.82, 2.24) is 19.9 Å². The van der Waals surface area contributed by atoms with E-state index in [1.807, 2.05) is 0 Å². The second-order valence-electron chi connectivity index (χ2n) is 8.96. The Morgan fingerprint density at radius 1 is 0.971 bits per heavy atom. The molecule has 3 aromatic rings. The maximum Gasteiger partial charge on any atom is 0.224 e. The third kappa shape index (κ3) is 4.47. The Bertz CT molecular complexity index is 1180. The molecular formula is C24H27ClN6O3. The summed E-state index contributed by atoms with van der Waals surface area (Å²) in [7, 11) is 0. The van der Waals surface area contributed by atoms with Crippen molar-refractivity contribution >= 4 is 34.3 Å². The second-order valence-corrected chi connectivity index (χ2v) is 9.32. The van der Waals surface area contributed by atoms with Crippen LogP contribution in [-0.4, -0.2) is 58.4 Å². The Hall–Kier alpha value is -2.75. The number of nitrogens with zero attached hydrogens (tertiary/aromatic N) is 5. The first-order valence-corrected chi connectivity index (χ1v) is 12.2. The Morgan fingerprint density at radius 3 is 2.65 bits per heavy atom. The molecule has 178 valence electrons.